The maximum absolute atomic E-state index is 11.3. The molecular formula is C9H16O2S. The maximum Gasteiger partial charge on any atom is 0.145 e. The van der Waals surface area contributed by atoms with E-state index < -0.39 is 0 Å². The number of ether oxygens (including phenoxy) is 1. The Bertz CT molecular complexity index is 158. The summed E-state index contributed by atoms with van der Waals surface area (Å²) < 4.78 is 5.36. The lowest BCUT2D eigenvalue weighted by atomic mass is 9.77. The second kappa shape index (κ2) is 4.28. The summed E-state index contributed by atoms with van der Waals surface area (Å²) in [5.74, 6) is 0.953. The van der Waals surface area contributed by atoms with Gasteiger partial charge < -0.3 is 4.74 Å². The van der Waals surface area contributed by atoms with Crippen LogP contribution in [0.3, 0.4) is 0 Å². The van der Waals surface area contributed by atoms with Crippen LogP contribution in [0.2, 0.25) is 0 Å². The standard InChI is InChI=1S/C9H16O2S/c1-11-9(4-3-5-9)6-8(10)7-12-2/h3-7H2,1-2H3. The van der Waals surface area contributed by atoms with Crippen LogP contribution in [-0.4, -0.2) is 30.5 Å². The summed E-state index contributed by atoms with van der Waals surface area (Å²) in [6.45, 7) is 0. The van der Waals surface area contributed by atoms with Crippen LogP contribution in [0.15, 0.2) is 0 Å². The minimum absolute atomic E-state index is 0.0766. The highest BCUT2D eigenvalue weighted by Gasteiger charge is 2.38. The van der Waals surface area contributed by atoms with Gasteiger partial charge in [-0.25, -0.2) is 0 Å². The minimum Gasteiger partial charge on any atom is -0.378 e. The van der Waals surface area contributed by atoms with Crippen molar-refractivity contribution in [3.05, 3.63) is 0 Å². The van der Waals surface area contributed by atoms with Crippen molar-refractivity contribution in [2.45, 2.75) is 31.3 Å². The Morgan fingerprint density at radius 2 is 2.25 bits per heavy atom. The van der Waals surface area contributed by atoms with Gasteiger partial charge in [0.05, 0.1) is 11.4 Å². The van der Waals surface area contributed by atoms with E-state index >= 15 is 0 Å². The molecule has 0 aliphatic heterocycles. The number of ketones is 1. The van der Waals surface area contributed by atoms with Gasteiger partial charge in [-0.15, -0.1) is 0 Å². The van der Waals surface area contributed by atoms with Crippen LogP contribution < -0.4 is 0 Å². The lowest BCUT2D eigenvalue weighted by molar-refractivity contribution is -0.129. The van der Waals surface area contributed by atoms with E-state index in [1.54, 1.807) is 18.9 Å². The number of thioether (sulfide) groups is 1. The van der Waals surface area contributed by atoms with Crippen molar-refractivity contribution >= 4 is 17.5 Å². The van der Waals surface area contributed by atoms with E-state index in [1.165, 1.54) is 6.42 Å². The molecule has 0 bridgehead atoms. The second-order valence-electron chi connectivity index (χ2n) is 3.39. The Balaban J connectivity index is 2.32. The smallest absolute Gasteiger partial charge is 0.145 e. The third kappa shape index (κ3) is 2.23. The molecule has 0 saturated heterocycles. The summed E-state index contributed by atoms with van der Waals surface area (Å²) in [4.78, 5) is 11.3. The van der Waals surface area contributed by atoms with Gasteiger partial charge in [0.2, 0.25) is 0 Å². The van der Waals surface area contributed by atoms with Crippen LogP contribution in [-0.2, 0) is 9.53 Å². The first-order valence-corrected chi connectivity index (χ1v) is 5.68. The van der Waals surface area contributed by atoms with Gasteiger partial charge in [-0.2, -0.15) is 11.8 Å². The summed E-state index contributed by atoms with van der Waals surface area (Å²) in [5, 5.41) is 0. The molecule has 0 aromatic heterocycles. The molecular weight excluding hydrogens is 172 g/mol. The molecule has 70 valence electrons. The van der Waals surface area contributed by atoms with Gasteiger partial charge in [0, 0.05) is 13.5 Å². The molecule has 0 aromatic rings. The van der Waals surface area contributed by atoms with Crippen LogP contribution in [0, 0.1) is 0 Å². The largest absolute Gasteiger partial charge is 0.378 e. The van der Waals surface area contributed by atoms with Gasteiger partial charge in [0.15, 0.2) is 0 Å². The fourth-order valence-corrected chi connectivity index (χ4v) is 2.02. The van der Waals surface area contributed by atoms with E-state index in [-0.39, 0.29) is 5.60 Å². The van der Waals surface area contributed by atoms with Crippen LogP contribution in [0.5, 0.6) is 0 Å². The summed E-state index contributed by atoms with van der Waals surface area (Å²) in [7, 11) is 1.71. The molecule has 1 aliphatic rings. The molecule has 0 amide bonds. The molecule has 1 fully saturated rings. The van der Waals surface area contributed by atoms with E-state index in [1.807, 2.05) is 6.26 Å². The van der Waals surface area contributed by atoms with E-state index in [2.05, 4.69) is 0 Å². The topological polar surface area (TPSA) is 26.3 Å². The molecule has 0 atom stereocenters. The van der Waals surface area contributed by atoms with Gasteiger partial charge in [-0.3, -0.25) is 4.79 Å². The number of hydrogen-bond acceptors (Lipinski definition) is 3. The van der Waals surface area contributed by atoms with Crippen molar-refractivity contribution in [2.24, 2.45) is 0 Å². The molecule has 0 radical (unpaired) electrons. The monoisotopic (exact) mass is 188 g/mol. The number of carbonyl (C=O) groups excluding carboxylic acids is 1. The molecule has 2 nitrogen and oxygen atoms in total. The van der Waals surface area contributed by atoms with Crippen molar-refractivity contribution in [1.29, 1.82) is 0 Å². The molecule has 1 saturated carbocycles. The molecule has 0 N–H and O–H groups in total. The number of hydrogen-bond donors (Lipinski definition) is 0. The zero-order valence-corrected chi connectivity index (χ0v) is 8.58. The zero-order chi connectivity index (χ0) is 9.03. The normalized spacial score (nSPS) is 20.2. The summed E-state index contributed by atoms with van der Waals surface area (Å²) >= 11 is 1.59. The average Bonchev–Trinajstić information content (AvgIpc) is 1.97. The second-order valence-corrected chi connectivity index (χ2v) is 4.26. The van der Waals surface area contributed by atoms with Gasteiger partial charge >= 0.3 is 0 Å². The maximum atomic E-state index is 11.3. The third-order valence-corrected chi connectivity index (χ3v) is 3.13. The summed E-state index contributed by atoms with van der Waals surface area (Å²) in [6, 6.07) is 0. The lowest BCUT2D eigenvalue weighted by Gasteiger charge is -2.40. The average molecular weight is 188 g/mol. The quantitative estimate of drug-likeness (QED) is 0.659. The highest BCUT2D eigenvalue weighted by molar-refractivity contribution is 7.99. The molecule has 0 unspecified atom stereocenters. The van der Waals surface area contributed by atoms with Crippen molar-refractivity contribution in [2.75, 3.05) is 19.1 Å². The van der Waals surface area contributed by atoms with Crippen molar-refractivity contribution in [3.8, 4) is 0 Å². The highest BCUT2D eigenvalue weighted by Crippen LogP contribution is 2.38. The Labute approximate surface area is 78.1 Å². The first-order valence-electron chi connectivity index (χ1n) is 4.28. The number of Topliss-reactive ketones (excluding diaryl/α,β-unsaturated/α-hetero) is 1. The summed E-state index contributed by atoms with van der Waals surface area (Å²) in [6.07, 6.45) is 5.90. The summed E-state index contributed by atoms with van der Waals surface area (Å²) in [5.41, 5.74) is -0.0766. The first kappa shape index (κ1) is 10.1. The van der Waals surface area contributed by atoms with Crippen LogP contribution in [0.4, 0.5) is 0 Å². The minimum atomic E-state index is -0.0766. The van der Waals surface area contributed by atoms with Crippen molar-refractivity contribution in [1.82, 2.24) is 0 Å². The van der Waals surface area contributed by atoms with Gasteiger partial charge in [0.1, 0.15) is 5.78 Å². The Morgan fingerprint density at radius 3 is 2.58 bits per heavy atom. The Morgan fingerprint density at radius 1 is 1.58 bits per heavy atom. The predicted molar refractivity (Wildman–Crippen MR) is 51.6 cm³/mol. The van der Waals surface area contributed by atoms with Crippen LogP contribution in [0.1, 0.15) is 25.7 Å². The third-order valence-electron chi connectivity index (χ3n) is 2.52. The van der Waals surface area contributed by atoms with Gasteiger partial charge in [-0.05, 0) is 25.5 Å². The van der Waals surface area contributed by atoms with Crippen LogP contribution >= 0.6 is 11.8 Å². The number of carbonyl (C=O) groups is 1. The van der Waals surface area contributed by atoms with Crippen molar-refractivity contribution < 1.29 is 9.53 Å². The Kier molecular flexibility index (Phi) is 3.59. The Hall–Kier alpha value is -0.0200. The van der Waals surface area contributed by atoms with E-state index in [0.29, 0.717) is 18.0 Å². The van der Waals surface area contributed by atoms with E-state index in [4.69, 9.17) is 4.74 Å². The molecule has 12 heavy (non-hydrogen) atoms. The molecule has 0 aromatic carbocycles. The van der Waals surface area contributed by atoms with E-state index in [0.717, 1.165) is 12.8 Å². The lowest BCUT2D eigenvalue weighted by Crippen LogP contribution is -2.41. The highest BCUT2D eigenvalue weighted by atomic mass is 32.2. The molecule has 0 spiro atoms. The first-order chi connectivity index (χ1) is 5.72. The molecule has 3 heteroatoms. The fourth-order valence-electron chi connectivity index (χ4n) is 1.60. The fraction of sp³-hybridized carbons (Fsp3) is 0.889. The van der Waals surface area contributed by atoms with Gasteiger partial charge in [-0.1, -0.05) is 0 Å². The molecule has 0 heterocycles. The SMILES string of the molecule is COC1(CC(=O)CSC)CCC1. The van der Waals surface area contributed by atoms with Gasteiger partial charge in [0.25, 0.3) is 0 Å². The van der Waals surface area contributed by atoms with Crippen LogP contribution in [0.25, 0.3) is 0 Å². The number of methoxy groups -OCH3 is 1. The number of rotatable bonds is 5. The molecule has 1 aliphatic carbocycles. The zero-order valence-electron chi connectivity index (χ0n) is 7.76. The van der Waals surface area contributed by atoms with Crippen molar-refractivity contribution in [3.63, 3.8) is 0 Å². The molecule has 1 rings (SSSR count). The predicted octanol–water partition coefficient (Wildman–Crippen LogP) is 1.88. The van der Waals surface area contributed by atoms with E-state index in [9.17, 15) is 4.79 Å².